The van der Waals surface area contributed by atoms with Crippen molar-refractivity contribution in [1.82, 2.24) is 15.6 Å². The van der Waals surface area contributed by atoms with Crippen molar-refractivity contribution in [2.75, 3.05) is 20.1 Å². The summed E-state index contributed by atoms with van der Waals surface area (Å²) in [6.45, 7) is 2.15. The lowest BCUT2D eigenvalue weighted by Crippen LogP contribution is -2.26. The quantitative estimate of drug-likeness (QED) is 0.770. The van der Waals surface area contributed by atoms with Crippen LogP contribution in [0.25, 0.3) is 10.9 Å². The third kappa shape index (κ3) is 2.24. The van der Waals surface area contributed by atoms with E-state index >= 15 is 0 Å². The van der Waals surface area contributed by atoms with Crippen molar-refractivity contribution in [3.8, 4) is 0 Å². The predicted octanol–water partition coefficient (Wildman–Crippen LogP) is 1.99. The second kappa shape index (κ2) is 5.05. The van der Waals surface area contributed by atoms with Gasteiger partial charge in [-0.3, -0.25) is 4.79 Å². The van der Waals surface area contributed by atoms with Crippen molar-refractivity contribution in [3.63, 3.8) is 0 Å². The Balaban J connectivity index is 2.02. The van der Waals surface area contributed by atoms with E-state index in [1.54, 1.807) is 7.05 Å². The molecule has 3 N–H and O–H groups in total. The average molecular weight is 257 g/mol. The number of aromatic nitrogens is 1. The number of rotatable bonds is 2. The number of benzene rings is 1. The summed E-state index contributed by atoms with van der Waals surface area (Å²) >= 11 is 0. The Hall–Kier alpha value is -1.81. The predicted molar refractivity (Wildman–Crippen MR) is 76.5 cm³/mol. The van der Waals surface area contributed by atoms with E-state index in [1.807, 2.05) is 18.2 Å². The minimum atomic E-state index is -0.0284. The highest BCUT2D eigenvalue weighted by atomic mass is 16.1. The monoisotopic (exact) mass is 257 g/mol. The maximum absolute atomic E-state index is 11.7. The summed E-state index contributed by atoms with van der Waals surface area (Å²) in [7, 11) is 1.66. The van der Waals surface area contributed by atoms with Gasteiger partial charge in [0.05, 0.1) is 0 Å². The number of carbonyl (C=O) groups excluding carboxylic acids is 1. The molecule has 19 heavy (non-hydrogen) atoms. The summed E-state index contributed by atoms with van der Waals surface area (Å²) in [5, 5.41) is 7.26. The molecule has 0 bridgehead atoms. The highest BCUT2D eigenvalue weighted by Gasteiger charge is 2.19. The molecular weight excluding hydrogens is 238 g/mol. The van der Waals surface area contributed by atoms with Gasteiger partial charge >= 0.3 is 0 Å². The Morgan fingerprint density at radius 2 is 2.11 bits per heavy atom. The Kier molecular flexibility index (Phi) is 3.25. The van der Waals surface area contributed by atoms with Crippen LogP contribution in [0.15, 0.2) is 24.4 Å². The second-order valence-electron chi connectivity index (χ2n) is 5.11. The Labute approximate surface area is 112 Å². The zero-order chi connectivity index (χ0) is 13.2. The highest BCUT2D eigenvalue weighted by Crippen LogP contribution is 2.31. The van der Waals surface area contributed by atoms with Crippen LogP contribution in [0.4, 0.5) is 0 Å². The fraction of sp³-hybridized carbons (Fsp3) is 0.400. The summed E-state index contributed by atoms with van der Waals surface area (Å²) in [5.74, 6) is 0.564. The molecular formula is C15H19N3O. The molecule has 1 aromatic heterocycles. The van der Waals surface area contributed by atoms with Gasteiger partial charge in [-0.15, -0.1) is 0 Å². The number of H-pyrrole nitrogens is 1. The molecule has 1 fully saturated rings. The molecule has 1 aliphatic heterocycles. The van der Waals surface area contributed by atoms with Crippen molar-refractivity contribution < 1.29 is 4.79 Å². The molecule has 0 aliphatic carbocycles. The Morgan fingerprint density at radius 3 is 2.84 bits per heavy atom. The lowest BCUT2D eigenvalue weighted by atomic mass is 9.89. The number of piperidine rings is 1. The summed E-state index contributed by atoms with van der Waals surface area (Å²) in [4.78, 5) is 15.1. The fourth-order valence-corrected chi connectivity index (χ4v) is 2.90. The molecule has 1 amide bonds. The van der Waals surface area contributed by atoms with E-state index in [2.05, 4.69) is 21.8 Å². The van der Waals surface area contributed by atoms with Crippen LogP contribution in [0.5, 0.6) is 0 Å². The topological polar surface area (TPSA) is 56.9 Å². The number of aromatic amines is 1. The van der Waals surface area contributed by atoms with Gasteiger partial charge in [0.1, 0.15) is 0 Å². The number of fused-ring (bicyclic) bond motifs is 1. The van der Waals surface area contributed by atoms with E-state index in [-0.39, 0.29) is 5.91 Å². The molecule has 0 unspecified atom stereocenters. The molecule has 1 aliphatic rings. The molecule has 1 saturated heterocycles. The zero-order valence-corrected chi connectivity index (χ0v) is 11.1. The third-order valence-electron chi connectivity index (χ3n) is 3.98. The first-order valence-corrected chi connectivity index (χ1v) is 6.83. The second-order valence-corrected chi connectivity index (χ2v) is 5.11. The van der Waals surface area contributed by atoms with Crippen LogP contribution in [0.2, 0.25) is 0 Å². The lowest BCUT2D eigenvalue weighted by Gasteiger charge is -2.22. The summed E-state index contributed by atoms with van der Waals surface area (Å²) in [6, 6.07) is 5.86. The van der Waals surface area contributed by atoms with E-state index in [9.17, 15) is 4.79 Å². The zero-order valence-electron chi connectivity index (χ0n) is 11.1. The van der Waals surface area contributed by atoms with Gasteiger partial charge in [-0.25, -0.2) is 0 Å². The lowest BCUT2D eigenvalue weighted by molar-refractivity contribution is 0.0963. The van der Waals surface area contributed by atoms with Gasteiger partial charge in [-0.1, -0.05) is 0 Å². The molecule has 2 heterocycles. The first-order chi connectivity index (χ1) is 9.29. The van der Waals surface area contributed by atoms with Gasteiger partial charge in [-0.05, 0) is 55.6 Å². The molecule has 1 aromatic carbocycles. The number of hydrogen-bond donors (Lipinski definition) is 3. The SMILES string of the molecule is CNC(=O)c1ccc2[nH]cc(C3CCNCC3)c2c1. The van der Waals surface area contributed by atoms with Gasteiger partial charge in [0, 0.05) is 29.7 Å². The maximum Gasteiger partial charge on any atom is 0.251 e. The minimum absolute atomic E-state index is 0.0284. The number of amides is 1. The van der Waals surface area contributed by atoms with Gasteiger partial charge in [0.15, 0.2) is 0 Å². The molecule has 0 saturated carbocycles. The summed E-state index contributed by atoms with van der Waals surface area (Å²) < 4.78 is 0. The van der Waals surface area contributed by atoms with E-state index in [4.69, 9.17) is 0 Å². The number of hydrogen-bond acceptors (Lipinski definition) is 2. The van der Waals surface area contributed by atoms with E-state index in [0.29, 0.717) is 5.92 Å². The highest BCUT2D eigenvalue weighted by molar-refractivity contribution is 5.98. The molecule has 100 valence electrons. The molecule has 4 heteroatoms. The van der Waals surface area contributed by atoms with Crippen molar-refractivity contribution >= 4 is 16.8 Å². The average Bonchev–Trinajstić information content (AvgIpc) is 2.90. The molecule has 0 radical (unpaired) electrons. The Bertz CT molecular complexity index is 596. The van der Waals surface area contributed by atoms with Crippen LogP contribution < -0.4 is 10.6 Å². The van der Waals surface area contributed by atoms with Gasteiger partial charge in [0.25, 0.3) is 5.91 Å². The third-order valence-corrected chi connectivity index (χ3v) is 3.98. The van der Waals surface area contributed by atoms with Crippen molar-refractivity contribution in [2.24, 2.45) is 0 Å². The first-order valence-electron chi connectivity index (χ1n) is 6.83. The van der Waals surface area contributed by atoms with E-state index < -0.39 is 0 Å². The van der Waals surface area contributed by atoms with Crippen LogP contribution in [0.1, 0.15) is 34.7 Å². The van der Waals surface area contributed by atoms with Gasteiger partial charge < -0.3 is 15.6 Å². The standard InChI is InChI=1S/C15H19N3O/c1-16-15(19)11-2-3-14-12(8-11)13(9-18-14)10-4-6-17-7-5-10/h2-3,8-10,17-18H,4-7H2,1H3,(H,16,19). The minimum Gasteiger partial charge on any atom is -0.361 e. The van der Waals surface area contributed by atoms with Crippen molar-refractivity contribution in [2.45, 2.75) is 18.8 Å². The van der Waals surface area contributed by atoms with Crippen molar-refractivity contribution in [1.29, 1.82) is 0 Å². The maximum atomic E-state index is 11.7. The Morgan fingerprint density at radius 1 is 1.32 bits per heavy atom. The van der Waals surface area contributed by atoms with Crippen LogP contribution in [-0.2, 0) is 0 Å². The van der Waals surface area contributed by atoms with Gasteiger partial charge in [0.2, 0.25) is 0 Å². The largest absolute Gasteiger partial charge is 0.361 e. The molecule has 2 aromatic rings. The smallest absolute Gasteiger partial charge is 0.251 e. The first kappa shape index (κ1) is 12.2. The molecule has 3 rings (SSSR count). The van der Waals surface area contributed by atoms with Crippen molar-refractivity contribution in [3.05, 3.63) is 35.5 Å². The number of nitrogens with one attached hydrogen (secondary N) is 3. The van der Waals surface area contributed by atoms with Crippen LogP contribution in [0.3, 0.4) is 0 Å². The fourth-order valence-electron chi connectivity index (χ4n) is 2.90. The molecule has 0 spiro atoms. The van der Waals surface area contributed by atoms with Crippen LogP contribution >= 0.6 is 0 Å². The van der Waals surface area contributed by atoms with Crippen LogP contribution in [0, 0.1) is 0 Å². The van der Waals surface area contributed by atoms with Crippen LogP contribution in [-0.4, -0.2) is 31.0 Å². The molecule has 0 atom stereocenters. The molecule has 4 nitrogen and oxygen atoms in total. The summed E-state index contributed by atoms with van der Waals surface area (Å²) in [6.07, 6.45) is 4.43. The van der Waals surface area contributed by atoms with E-state index in [0.717, 1.165) is 37.0 Å². The summed E-state index contributed by atoms with van der Waals surface area (Å²) in [5.41, 5.74) is 3.19. The normalized spacial score (nSPS) is 16.7. The number of carbonyl (C=O) groups is 1. The van der Waals surface area contributed by atoms with E-state index in [1.165, 1.54) is 10.9 Å². The van der Waals surface area contributed by atoms with Gasteiger partial charge in [-0.2, -0.15) is 0 Å².